The van der Waals surface area contributed by atoms with E-state index in [1.807, 2.05) is 6.20 Å². The smallest absolute Gasteiger partial charge is 0.344 e. The summed E-state index contributed by atoms with van der Waals surface area (Å²) >= 11 is 0. The summed E-state index contributed by atoms with van der Waals surface area (Å²) in [7, 11) is 1.34. The highest BCUT2D eigenvalue weighted by atomic mass is 17.2. The number of unbranched alkanes of at least 4 members (excludes halogenated alkanes) is 4. The van der Waals surface area contributed by atoms with Gasteiger partial charge in [-0.25, -0.2) is 4.79 Å². The van der Waals surface area contributed by atoms with Gasteiger partial charge >= 0.3 is 5.97 Å². The maximum Gasteiger partial charge on any atom is 0.344 e. The first-order valence-corrected chi connectivity index (χ1v) is 9.71. The molecule has 2 heterocycles. The van der Waals surface area contributed by atoms with Crippen molar-refractivity contribution < 1.29 is 14.6 Å². The molecule has 0 spiro atoms. The van der Waals surface area contributed by atoms with E-state index in [1.54, 1.807) is 0 Å². The van der Waals surface area contributed by atoms with Gasteiger partial charge in [-0.15, -0.1) is 0 Å². The third kappa shape index (κ3) is 7.08. The number of nitrogens with zero attached hydrogens (tertiary/aromatic N) is 2. The van der Waals surface area contributed by atoms with Crippen LogP contribution in [0.25, 0.3) is 0 Å². The molecule has 0 atom stereocenters. The number of carbonyl (C=O) groups excluding carboxylic acids is 1. The van der Waals surface area contributed by atoms with Crippen molar-refractivity contribution >= 4 is 5.97 Å². The van der Waals surface area contributed by atoms with E-state index >= 15 is 0 Å². The van der Waals surface area contributed by atoms with Crippen LogP contribution < -0.4 is 0 Å². The molecule has 2 rings (SSSR count). The second kappa shape index (κ2) is 11.6. The highest BCUT2D eigenvalue weighted by Gasteiger charge is 2.12. The van der Waals surface area contributed by atoms with Crippen LogP contribution in [0, 0.1) is 0 Å². The second-order valence-corrected chi connectivity index (χ2v) is 6.73. The topological polar surface area (TPSA) is 42.0 Å². The fourth-order valence-electron chi connectivity index (χ4n) is 3.11. The molecule has 26 heavy (non-hydrogen) atoms. The van der Waals surface area contributed by atoms with E-state index < -0.39 is 0 Å². The molecule has 2 aliphatic rings. The van der Waals surface area contributed by atoms with Crippen molar-refractivity contribution in [2.75, 3.05) is 33.3 Å². The lowest BCUT2D eigenvalue weighted by Crippen LogP contribution is -2.24. The SMILES string of the molecule is CCCCCCCN1C=CC(C2=CCN(CCC(=O)OOC)C=C2)=CC1. The Morgan fingerprint density at radius 3 is 2.12 bits per heavy atom. The van der Waals surface area contributed by atoms with Crippen LogP contribution in [0.1, 0.15) is 45.4 Å². The Hall–Kier alpha value is -2.01. The lowest BCUT2D eigenvalue weighted by Gasteiger charge is -2.25. The number of hydrogen-bond acceptors (Lipinski definition) is 5. The van der Waals surface area contributed by atoms with Crippen molar-refractivity contribution in [1.82, 2.24) is 9.80 Å². The average molecular weight is 360 g/mol. The summed E-state index contributed by atoms with van der Waals surface area (Å²) in [5.74, 6) is -0.344. The van der Waals surface area contributed by atoms with Crippen LogP contribution in [0.15, 0.2) is 47.9 Å². The highest BCUT2D eigenvalue weighted by Crippen LogP contribution is 2.21. The molecular formula is C21H32N2O3. The number of allylic oxidation sites excluding steroid dienone is 4. The lowest BCUT2D eigenvalue weighted by molar-refractivity contribution is -0.255. The zero-order chi connectivity index (χ0) is 18.6. The summed E-state index contributed by atoms with van der Waals surface area (Å²) in [5.41, 5.74) is 2.53. The standard InChI is InChI=1S/C21H32N2O3/c1-3-4-5-6-7-13-22-14-8-19(9-15-22)20-10-16-23(17-11-20)18-12-21(24)26-25-2/h8-11,14,16H,3-7,12-13,15,17-18H2,1-2H3. The maximum atomic E-state index is 11.3. The molecule has 0 saturated heterocycles. The van der Waals surface area contributed by atoms with Crippen molar-refractivity contribution in [3.8, 4) is 0 Å². The summed E-state index contributed by atoms with van der Waals surface area (Å²) in [4.78, 5) is 24.6. The van der Waals surface area contributed by atoms with Gasteiger partial charge in [-0.05, 0) is 42.1 Å². The first-order chi connectivity index (χ1) is 12.7. The molecule has 144 valence electrons. The number of carbonyl (C=O) groups is 1. The second-order valence-electron chi connectivity index (χ2n) is 6.73. The molecule has 0 radical (unpaired) electrons. The third-order valence-corrected chi connectivity index (χ3v) is 4.68. The largest absolute Gasteiger partial charge is 0.374 e. The number of hydrogen-bond donors (Lipinski definition) is 0. The summed E-state index contributed by atoms with van der Waals surface area (Å²) in [6, 6.07) is 0. The summed E-state index contributed by atoms with van der Waals surface area (Å²) in [5, 5.41) is 0. The molecular weight excluding hydrogens is 328 g/mol. The Morgan fingerprint density at radius 2 is 1.58 bits per heavy atom. The van der Waals surface area contributed by atoms with Crippen LogP contribution in [0.3, 0.4) is 0 Å². The molecule has 0 unspecified atom stereocenters. The molecule has 5 heteroatoms. The average Bonchev–Trinajstić information content (AvgIpc) is 2.67. The van der Waals surface area contributed by atoms with Crippen molar-refractivity contribution in [2.24, 2.45) is 0 Å². The van der Waals surface area contributed by atoms with Crippen LogP contribution in [-0.2, 0) is 14.6 Å². The van der Waals surface area contributed by atoms with E-state index in [9.17, 15) is 4.79 Å². The molecule has 5 nitrogen and oxygen atoms in total. The molecule has 0 aliphatic carbocycles. The molecule has 0 bridgehead atoms. The van der Waals surface area contributed by atoms with Crippen LogP contribution in [0.2, 0.25) is 0 Å². The van der Waals surface area contributed by atoms with E-state index in [1.165, 1.54) is 50.4 Å². The molecule has 0 amide bonds. The van der Waals surface area contributed by atoms with Crippen molar-refractivity contribution in [2.45, 2.75) is 45.4 Å². The third-order valence-electron chi connectivity index (χ3n) is 4.68. The minimum atomic E-state index is -0.344. The van der Waals surface area contributed by atoms with Crippen molar-refractivity contribution in [1.29, 1.82) is 0 Å². The Labute approximate surface area is 157 Å². The van der Waals surface area contributed by atoms with Crippen molar-refractivity contribution in [3.63, 3.8) is 0 Å². The van der Waals surface area contributed by atoms with Crippen LogP contribution in [0.4, 0.5) is 0 Å². The van der Waals surface area contributed by atoms with Gasteiger partial charge in [0.25, 0.3) is 0 Å². The van der Waals surface area contributed by atoms with Gasteiger partial charge in [-0.1, -0.05) is 44.8 Å². The van der Waals surface area contributed by atoms with E-state index in [2.05, 4.69) is 57.0 Å². The fraction of sp³-hybridized carbons (Fsp3) is 0.571. The first-order valence-electron chi connectivity index (χ1n) is 9.71. The van der Waals surface area contributed by atoms with Crippen molar-refractivity contribution in [3.05, 3.63) is 47.9 Å². The van der Waals surface area contributed by atoms with Gasteiger partial charge in [-0.3, -0.25) is 4.89 Å². The predicted octanol–water partition coefficient (Wildman–Crippen LogP) is 3.96. The monoisotopic (exact) mass is 360 g/mol. The first kappa shape index (κ1) is 20.3. The molecule has 0 aromatic heterocycles. The summed E-state index contributed by atoms with van der Waals surface area (Å²) in [6.45, 7) is 5.81. The zero-order valence-electron chi connectivity index (χ0n) is 16.2. The number of rotatable bonds is 11. The van der Waals surface area contributed by atoms with E-state index in [-0.39, 0.29) is 5.97 Å². The molecule has 0 fully saturated rings. The Kier molecular flexibility index (Phi) is 9.04. The fourth-order valence-corrected chi connectivity index (χ4v) is 3.11. The molecule has 0 N–H and O–H groups in total. The van der Waals surface area contributed by atoms with Gasteiger partial charge in [0.15, 0.2) is 0 Å². The van der Waals surface area contributed by atoms with Gasteiger partial charge in [0, 0.05) is 26.2 Å². The van der Waals surface area contributed by atoms with Crippen LogP contribution >= 0.6 is 0 Å². The minimum Gasteiger partial charge on any atom is -0.374 e. The van der Waals surface area contributed by atoms with E-state index in [4.69, 9.17) is 0 Å². The van der Waals surface area contributed by atoms with E-state index in [0.29, 0.717) is 13.0 Å². The quantitative estimate of drug-likeness (QED) is 0.317. The van der Waals surface area contributed by atoms with Crippen LogP contribution in [0.5, 0.6) is 0 Å². The molecule has 0 aromatic carbocycles. The van der Waals surface area contributed by atoms with Gasteiger partial charge < -0.3 is 9.80 Å². The van der Waals surface area contributed by atoms with Gasteiger partial charge in [-0.2, -0.15) is 4.89 Å². The zero-order valence-corrected chi connectivity index (χ0v) is 16.2. The molecule has 2 aliphatic heterocycles. The molecule has 0 aromatic rings. The summed E-state index contributed by atoms with van der Waals surface area (Å²) in [6.07, 6.45) is 20.0. The highest BCUT2D eigenvalue weighted by molar-refractivity contribution is 5.68. The normalized spacial score (nSPS) is 16.5. The van der Waals surface area contributed by atoms with E-state index in [0.717, 1.165) is 19.6 Å². The van der Waals surface area contributed by atoms with Gasteiger partial charge in [0.05, 0.1) is 13.5 Å². The minimum absolute atomic E-state index is 0.317. The molecule has 0 saturated carbocycles. The predicted molar refractivity (Wildman–Crippen MR) is 104 cm³/mol. The van der Waals surface area contributed by atoms with Crippen LogP contribution in [-0.4, -0.2) is 49.1 Å². The lowest BCUT2D eigenvalue weighted by atomic mass is 10.0. The maximum absolute atomic E-state index is 11.3. The Balaban J connectivity index is 1.68. The Bertz CT molecular complexity index is 564. The summed E-state index contributed by atoms with van der Waals surface area (Å²) < 4.78 is 0. The van der Waals surface area contributed by atoms with Gasteiger partial charge in [0.2, 0.25) is 0 Å². The Morgan fingerprint density at radius 1 is 0.962 bits per heavy atom. The van der Waals surface area contributed by atoms with Gasteiger partial charge in [0.1, 0.15) is 0 Å².